The van der Waals surface area contributed by atoms with Crippen LogP contribution in [0.3, 0.4) is 0 Å². The lowest BCUT2D eigenvalue weighted by Crippen LogP contribution is -2.43. The van der Waals surface area contributed by atoms with Crippen molar-refractivity contribution in [2.24, 2.45) is 11.8 Å². The fraction of sp³-hybridized carbons (Fsp3) is 0.538. The summed E-state index contributed by atoms with van der Waals surface area (Å²) in [5.74, 6) is 1.02. The summed E-state index contributed by atoms with van der Waals surface area (Å²) in [6.45, 7) is 3.06. The van der Waals surface area contributed by atoms with E-state index in [4.69, 9.17) is 11.6 Å². The molecule has 3 rings (SSSR count). The van der Waals surface area contributed by atoms with Gasteiger partial charge in [0, 0.05) is 17.6 Å². The summed E-state index contributed by atoms with van der Waals surface area (Å²) in [6.07, 6.45) is 0.916. The summed E-state index contributed by atoms with van der Waals surface area (Å²) >= 11 is 9.40. The van der Waals surface area contributed by atoms with Gasteiger partial charge in [-0.15, -0.1) is 0 Å². The molecule has 20 heavy (non-hydrogen) atoms. The number of rotatable bonds is 2. The minimum absolute atomic E-state index is 0.186. The largest absolute Gasteiger partial charge is 0.316 e. The molecule has 7 heteroatoms. The van der Waals surface area contributed by atoms with Crippen molar-refractivity contribution >= 4 is 37.6 Å². The third kappa shape index (κ3) is 2.52. The highest BCUT2D eigenvalue weighted by atomic mass is 79.9. The molecule has 1 aromatic rings. The van der Waals surface area contributed by atoms with E-state index in [2.05, 4.69) is 21.2 Å². The highest BCUT2D eigenvalue weighted by Crippen LogP contribution is 2.35. The van der Waals surface area contributed by atoms with Crippen LogP contribution >= 0.6 is 27.5 Å². The molecule has 0 bridgehead atoms. The Balaban J connectivity index is 1.92. The van der Waals surface area contributed by atoms with Crippen molar-refractivity contribution in [1.82, 2.24) is 9.62 Å². The molecule has 110 valence electrons. The fourth-order valence-electron chi connectivity index (χ4n) is 3.08. The molecule has 2 aliphatic heterocycles. The molecule has 2 aliphatic rings. The lowest BCUT2D eigenvalue weighted by Gasteiger charge is -2.33. The van der Waals surface area contributed by atoms with Gasteiger partial charge >= 0.3 is 0 Å². The summed E-state index contributed by atoms with van der Waals surface area (Å²) in [5, 5.41) is 3.61. The van der Waals surface area contributed by atoms with E-state index in [0.717, 1.165) is 19.5 Å². The molecule has 0 amide bonds. The molecule has 2 atom stereocenters. The number of hydrogen-bond donors (Lipinski definition) is 1. The fourth-order valence-corrected chi connectivity index (χ4v) is 6.26. The Morgan fingerprint density at radius 2 is 2.05 bits per heavy atom. The van der Waals surface area contributed by atoms with Gasteiger partial charge in [-0.1, -0.05) is 17.7 Å². The van der Waals surface area contributed by atoms with Crippen molar-refractivity contribution in [3.63, 3.8) is 0 Å². The van der Waals surface area contributed by atoms with Crippen LogP contribution in [0.15, 0.2) is 27.6 Å². The van der Waals surface area contributed by atoms with Crippen molar-refractivity contribution in [2.45, 2.75) is 11.3 Å². The maximum Gasteiger partial charge on any atom is 0.245 e. The van der Waals surface area contributed by atoms with E-state index < -0.39 is 10.0 Å². The van der Waals surface area contributed by atoms with E-state index in [1.165, 1.54) is 0 Å². The van der Waals surface area contributed by atoms with E-state index in [1.807, 2.05) is 0 Å². The monoisotopic (exact) mass is 378 g/mol. The quantitative estimate of drug-likeness (QED) is 0.858. The number of nitrogens with one attached hydrogen (secondary N) is 1. The van der Waals surface area contributed by atoms with Gasteiger partial charge in [0.1, 0.15) is 4.90 Å². The summed E-state index contributed by atoms with van der Waals surface area (Å²) in [4.78, 5) is 0.186. The number of fused-ring (bicyclic) bond motifs is 1. The van der Waals surface area contributed by atoms with Crippen LogP contribution in [-0.4, -0.2) is 38.9 Å². The predicted octanol–water partition coefficient (Wildman–Crippen LogP) is 2.33. The second-order valence-electron chi connectivity index (χ2n) is 5.38. The third-order valence-corrected chi connectivity index (χ3v) is 7.50. The molecule has 0 spiro atoms. The minimum atomic E-state index is -3.54. The van der Waals surface area contributed by atoms with Crippen molar-refractivity contribution in [3.8, 4) is 0 Å². The molecule has 2 heterocycles. The maximum atomic E-state index is 12.8. The van der Waals surface area contributed by atoms with Crippen molar-refractivity contribution < 1.29 is 8.42 Å². The number of piperidine rings is 1. The zero-order valence-corrected chi connectivity index (χ0v) is 14.0. The van der Waals surface area contributed by atoms with Crippen LogP contribution < -0.4 is 5.32 Å². The summed E-state index contributed by atoms with van der Waals surface area (Å²) in [7, 11) is -3.54. The van der Waals surface area contributed by atoms with Crippen molar-refractivity contribution in [3.05, 3.63) is 27.7 Å². The molecule has 0 aromatic heterocycles. The van der Waals surface area contributed by atoms with Crippen LogP contribution in [0, 0.1) is 11.8 Å². The molecule has 0 saturated carbocycles. The van der Waals surface area contributed by atoms with Crippen LogP contribution in [0.5, 0.6) is 0 Å². The molecule has 4 nitrogen and oxygen atoms in total. The third-order valence-electron chi connectivity index (χ3n) is 4.18. The molecule has 0 aliphatic carbocycles. The van der Waals surface area contributed by atoms with Crippen LogP contribution in [0.1, 0.15) is 6.42 Å². The first-order chi connectivity index (χ1) is 9.50. The number of hydrogen-bond acceptors (Lipinski definition) is 3. The maximum absolute atomic E-state index is 12.8. The van der Waals surface area contributed by atoms with Gasteiger partial charge in [-0.05, 0) is 59.4 Å². The summed E-state index contributed by atoms with van der Waals surface area (Å²) in [5.41, 5.74) is 0. The Kier molecular flexibility index (Phi) is 4.12. The van der Waals surface area contributed by atoms with Gasteiger partial charge in [0.25, 0.3) is 0 Å². The van der Waals surface area contributed by atoms with Crippen LogP contribution in [-0.2, 0) is 10.0 Å². The summed E-state index contributed by atoms with van der Waals surface area (Å²) in [6, 6.07) is 5.06. The first-order valence-corrected chi connectivity index (χ1v) is 9.26. The number of nitrogens with zero attached hydrogens (tertiary/aromatic N) is 1. The molecule has 0 radical (unpaired) electrons. The zero-order chi connectivity index (χ0) is 14.3. The first-order valence-electron chi connectivity index (χ1n) is 6.65. The minimum Gasteiger partial charge on any atom is -0.316 e. The highest BCUT2D eigenvalue weighted by Gasteiger charge is 2.38. The number of benzene rings is 1. The predicted molar refractivity (Wildman–Crippen MR) is 82.4 cm³/mol. The average Bonchev–Trinajstić information content (AvgIpc) is 2.85. The van der Waals surface area contributed by atoms with Crippen LogP contribution in [0.4, 0.5) is 0 Å². The topological polar surface area (TPSA) is 49.4 Å². The number of sulfonamides is 1. The Morgan fingerprint density at radius 1 is 1.30 bits per heavy atom. The molecule has 1 N–H and O–H groups in total. The summed E-state index contributed by atoms with van der Waals surface area (Å²) < 4.78 is 27.7. The lowest BCUT2D eigenvalue weighted by molar-refractivity contribution is 0.228. The molecular weight excluding hydrogens is 364 g/mol. The Bertz CT molecular complexity index is 603. The SMILES string of the molecule is O=S(=O)(c1c(Cl)cccc1Br)N1CCC2CNCC2C1. The highest BCUT2D eigenvalue weighted by molar-refractivity contribution is 9.10. The van der Waals surface area contributed by atoms with Gasteiger partial charge in [-0.25, -0.2) is 8.42 Å². The molecule has 1 aromatic carbocycles. The average molecular weight is 380 g/mol. The molecule has 2 saturated heterocycles. The molecule has 2 unspecified atom stereocenters. The van der Waals surface area contributed by atoms with Gasteiger partial charge in [0.2, 0.25) is 10.0 Å². The van der Waals surface area contributed by atoms with Gasteiger partial charge in [-0.2, -0.15) is 4.31 Å². The van der Waals surface area contributed by atoms with Gasteiger partial charge in [0.05, 0.1) is 5.02 Å². The van der Waals surface area contributed by atoms with E-state index >= 15 is 0 Å². The molecule has 2 fully saturated rings. The normalized spacial score (nSPS) is 27.5. The Hall–Kier alpha value is -0.140. The van der Waals surface area contributed by atoms with Crippen molar-refractivity contribution in [1.29, 1.82) is 0 Å². The van der Waals surface area contributed by atoms with Gasteiger partial charge in [-0.3, -0.25) is 0 Å². The van der Waals surface area contributed by atoms with E-state index in [9.17, 15) is 8.42 Å². The van der Waals surface area contributed by atoms with Crippen LogP contribution in [0.2, 0.25) is 5.02 Å². The smallest absolute Gasteiger partial charge is 0.245 e. The number of halogens is 2. The van der Waals surface area contributed by atoms with Gasteiger partial charge in [0.15, 0.2) is 0 Å². The van der Waals surface area contributed by atoms with Crippen molar-refractivity contribution in [2.75, 3.05) is 26.2 Å². The second-order valence-corrected chi connectivity index (χ2v) is 8.52. The van der Waals surface area contributed by atoms with E-state index in [-0.39, 0.29) is 9.92 Å². The zero-order valence-electron chi connectivity index (χ0n) is 10.9. The molecular formula is C13H16BrClN2O2S. The lowest BCUT2D eigenvalue weighted by atomic mass is 9.90. The Labute approximate surface area is 132 Å². The van der Waals surface area contributed by atoms with E-state index in [1.54, 1.807) is 22.5 Å². The van der Waals surface area contributed by atoms with E-state index in [0.29, 0.717) is 29.4 Å². The second kappa shape index (κ2) is 5.57. The standard InChI is InChI=1S/C13H16BrClN2O2S/c14-11-2-1-3-12(15)13(11)20(18,19)17-5-4-9-6-16-7-10(9)8-17/h1-3,9-10,16H,4-8H2. The van der Waals surface area contributed by atoms with Gasteiger partial charge < -0.3 is 5.32 Å². The first kappa shape index (κ1) is 14.8. The Morgan fingerprint density at radius 3 is 2.80 bits per heavy atom. The van der Waals surface area contributed by atoms with Crippen LogP contribution in [0.25, 0.3) is 0 Å².